The summed E-state index contributed by atoms with van der Waals surface area (Å²) in [5, 5.41) is 9.55. The van der Waals surface area contributed by atoms with Crippen LogP contribution in [0.5, 0.6) is 5.75 Å². The summed E-state index contributed by atoms with van der Waals surface area (Å²) in [4.78, 5) is 0.848. The van der Waals surface area contributed by atoms with Crippen molar-refractivity contribution in [2.75, 3.05) is 5.94 Å². The summed E-state index contributed by atoms with van der Waals surface area (Å²) in [6.07, 6.45) is 0. The Morgan fingerprint density at radius 1 is 0.941 bits per heavy atom. The van der Waals surface area contributed by atoms with E-state index in [-0.39, 0.29) is 0 Å². The minimum atomic E-state index is 0.306. The zero-order valence-electron chi connectivity index (χ0n) is 9.37. The smallest absolute Gasteiger partial charge is 0.129 e. The van der Waals surface area contributed by atoms with Crippen molar-refractivity contribution >= 4 is 11.8 Å². The van der Waals surface area contributed by atoms with Gasteiger partial charge < -0.3 is 9.84 Å². The van der Waals surface area contributed by atoms with E-state index in [9.17, 15) is 5.11 Å². The van der Waals surface area contributed by atoms with Gasteiger partial charge in [0.25, 0.3) is 0 Å². The minimum absolute atomic E-state index is 0.306. The van der Waals surface area contributed by atoms with Crippen LogP contribution in [0.2, 0.25) is 0 Å². The minimum Gasteiger partial charge on any atom is -0.507 e. The molecule has 0 heterocycles. The van der Waals surface area contributed by atoms with E-state index in [1.54, 1.807) is 6.07 Å². The van der Waals surface area contributed by atoms with Gasteiger partial charge in [0.15, 0.2) is 0 Å². The molecule has 0 aliphatic carbocycles. The third kappa shape index (κ3) is 3.80. The number of hydrogen-bond acceptors (Lipinski definition) is 3. The summed E-state index contributed by atoms with van der Waals surface area (Å²) in [5.41, 5.74) is 1.16. The van der Waals surface area contributed by atoms with Crippen LogP contribution in [0.25, 0.3) is 0 Å². The first-order valence-corrected chi connectivity index (χ1v) is 6.37. The maximum atomic E-state index is 9.55. The number of para-hydroxylation sites is 1. The average molecular weight is 246 g/mol. The molecule has 0 aromatic heterocycles. The molecular formula is C14H14O2S. The molecule has 2 rings (SSSR count). The number of aromatic hydroxyl groups is 1. The third-order valence-corrected chi connectivity index (χ3v) is 3.22. The molecule has 0 spiro atoms. The molecule has 2 nitrogen and oxygen atoms in total. The Morgan fingerprint density at radius 3 is 2.41 bits per heavy atom. The highest BCUT2D eigenvalue weighted by atomic mass is 32.2. The van der Waals surface area contributed by atoms with E-state index >= 15 is 0 Å². The first kappa shape index (κ1) is 12.0. The van der Waals surface area contributed by atoms with Crippen LogP contribution in [0.4, 0.5) is 0 Å². The Morgan fingerprint density at radius 2 is 1.65 bits per heavy atom. The number of thioether (sulfide) groups is 1. The zero-order valence-corrected chi connectivity index (χ0v) is 10.2. The largest absolute Gasteiger partial charge is 0.507 e. The molecular weight excluding hydrogens is 232 g/mol. The van der Waals surface area contributed by atoms with Gasteiger partial charge in [0.05, 0.1) is 17.4 Å². The first-order chi connectivity index (χ1) is 8.36. The van der Waals surface area contributed by atoms with Gasteiger partial charge >= 0.3 is 0 Å². The van der Waals surface area contributed by atoms with Crippen LogP contribution in [0, 0.1) is 0 Å². The highest BCUT2D eigenvalue weighted by Crippen LogP contribution is 2.27. The molecule has 1 N–H and O–H groups in total. The maximum Gasteiger partial charge on any atom is 0.129 e. The molecule has 0 saturated carbocycles. The van der Waals surface area contributed by atoms with Crippen LogP contribution >= 0.6 is 11.8 Å². The highest BCUT2D eigenvalue weighted by Gasteiger charge is 1.99. The molecule has 2 aromatic carbocycles. The lowest BCUT2D eigenvalue weighted by Crippen LogP contribution is -1.91. The fraction of sp³-hybridized carbons (Fsp3) is 0.143. The molecule has 0 bridgehead atoms. The van der Waals surface area contributed by atoms with Crippen molar-refractivity contribution in [3.63, 3.8) is 0 Å². The lowest BCUT2D eigenvalue weighted by Gasteiger charge is -2.05. The fourth-order valence-corrected chi connectivity index (χ4v) is 2.10. The van der Waals surface area contributed by atoms with Gasteiger partial charge in [-0.2, -0.15) is 0 Å². The average Bonchev–Trinajstić information content (AvgIpc) is 2.38. The van der Waals surface area contributed by atoms with E-state index in [1.165, 1.54) is 11.8 Å². The Hall–Kier alpha value is -1.45. The van der Waals surface area contributed by atoms with Crippen molar-refractivity contribution in [1.82, 2.24) is 0 Å². The summed E-state index contributed by atoms with van der Waals surface area (Å²) in [5.74, 6) is 0.841. The Bertz CT molecular complexity index is 457. The summed E-state index contributed by atoms with van der Waals surface area (Å²) in [6.45, 7) is 0.599. The predicted molar refractivity (Wildman–Crippen MR) is 70.1 cm³/mol. The van der Waals surface area contributed by atoms with Crippen LogP contribution < -0.4 is 0 Å². The van der Waals surface area contributed by atoms with Gasteiger partial charge in [-0.25, -0.2) is 0 Å². The number of ether oxygens (including phenoxy) is 1. The molecule has 0 aliphatic rings. The van der Waals surface area contributed by atoms with E-state index in [1.807, 2.05) is 48.5 Å². The summed E-state index contributed by atoms with van der Waals surface area (Å²) >= 11 is 1.49. The van der Waals surface area contributed by atoms with Gasteiger partial charge in [-0.3, -0.25) is 0 Å². The number of rotatable bonds is 5. The van der Waals surface area contributed by atoms with Gasteiger partial charge in [0.2, 0.25) is 0 Å². The topological polar surface area (TPSA) is 29.5 Å². The Labute approximate surface area is 105 Å². The highest BCUT2D eigenvalue weighted by molar-refractivity contribution is 7.99. The second kappa shape index (κ2) is 6.33. The Kier molecular flexibility index (Phi) is 4.47. The Balaban J connectivity index is 1.76. The van der Waals surface area contributed by atoms with Gasteiger partial charge in [-0.05, 0) is 17.7 Å². The molecule has 3 heteroatoms. The second-order valence-electron chi connectivity index (χ2n) is 3.56. The van der Waals surface area contributed by atoms with Gasteiger partial charge in [0, 0.05) is 0 Å². The van der Waals surface area contributed by atoms with Crippen molar-refractivity contribution in [3.8, 4) is 5.75 Å². The predicted octanol–water partition coefficient (Wildman–Crippen LogP) is 3.66. The molecule has 0 radical (unpaired) electrons. The SMILES string of the molecule is Oc1ccccc1SCOCc1ccccc1. The van der Waals surface area contributed by atoms with E-state index in [4.69, 9.17) is 4.74 Å². The van der Waals surface area contributed by atoms with Gasteiger partial charge in [-0.15, -0.1) is 0 Å². The molecule has 17 heavy (non-hydrogen) atoms. The van der Waals surface area contributed by atoms with Crippen molar-refractivity contribution < 1.29 is 9.84 Å². The molecule has 0 amide bonds. The molecule has 0 unspecified atom stereocenters. The maximum absolute atomic E-state index is 9.55. The van der Waals surface area contributed by atoms with Crippen molar-refractivity contribution in [2.24, 2.45) is 0 Å². The normalized spacial score (nSPS) is 10.4. The van der Waals surface area contributed by atoms with E-state index in [0.29, 0.717) is 18.3 Å². The third-order valence-electron chi connectivity index (χ3n) is 2.27. The summed E-state index contributed by atoms with van der Waals surface area (Å²) in [6, 6.07) is 17.3. The van der Waals surface area contributed by atoms with Crippen LogP contribution in [0.15, 0.2) is 59.5 Å². The van der Waals surface area contributed by atoms with Crippen molar-refractivity contribution in [1.29, 1.82) is 0 Å². The fourth-order valence-electron chi connectivity index (χ4n) is 1.42. The quantitative estimate of drug-likeness (QED) is 0.496. The number of benzene rings is 2. The first-order valence-electron chi connectivity index (χ1n) is 5.39. The molecule has 0 atom stereocenters. The van der Waals surface area contributed by atoms with Crippen LogP contribution in [0.1, 0.15) is 5.56 Å². The second-order valence-corrected chi connectivity index (χ2v) is 4.53. The summed E-state index contributed by atoms with van der Waals surface area (Å²) < 4.78 is 5.53. The number of phenols is 1. The lowest BCUT2D eigenvalue weighted by atomic mass is 10.2. The van der Waals surface area contributed by atoms with E-state index in [0.717, 1.165) is 10.5 Å². The van der Waals surface area contributed by atoms with Crippen molar-refractivity contribution in [2.45, 2.75) is 11.5 Å². The monoisotopic (exact) mass is 246 g/mol. The van der Waals surface area contributed by atoms with E-state index in [2.05, 4.69) is 0 Å². The molecule has 2 aromatic rings. The van der Waals surface area contributed by atoms with Crippen LogP contribution in [-0.2, 0) is 11.3 Å². The molecule has 0 aliphatic heterocycles. The molecule has 0 fully saturated rings. The van der Waals surface area contributed by atoms with Crippen LogP contribution in [-0.4, -0.2) is 11.0 Å². The molecule has 0 saturated heterocycles. The summed E-state index contributed by atoms with van der Waals surface area (Å²) in [7, 11) is 0. The number of phenolic OH excluding ortho intramolecular Hbond substituents is 1. The standard InChI is InChI=1S/C14H14O2S/c15-13-8-4-5-9-14(13)17-11-16-10-12-6-2-1-3-7-12/h1-9,15H,10-11H2. The zero-order chi connectivity index (χ0) is 11.9. The van der Waals surface area contributed by atoms with Gasteiger partial charge in [0.1, 0.15) is 5.75 Å². The van der Waals surface area contributed by atoms with Crippen LogP contribution in [0.3, 0.4) is 0 Å². The van der Waals surface area contributed by atoms with Crippen molar-refractivity contribution in [3.05, 3.63) is 60.2 Å². The number of hydrogen-bond donors (Lipinski definition) is 1. The van der Waals surface area contributed by atoms with E-state index < -0.39 is 0 Å². The lowest BCUT2D eigenvalue weighted by molar-refractivity contribution is 0.169. The molecule has 88 valence electrons. The van der Waals surface area contributed by atoms with Gasteiger partial charge in [-0.1, -0.05) is 54.2 Å².